The van der Waals surface area contributed by atoms with Gasteiger partial charge in [-0.1, -0.05) is 20.3 Å². The molecule has 4 nitrogen and oxygen atoms in total. The number of hydrogen-bond acceptors (Lipinski definition) is 3. The Morgan fingerprint density at radius 2 is 2.29 bits per heavy atom. The van der Waals surface area contributed by atoms with Crippen LogP contribution in [0.25, 0.3) is 0 Å². The summed E-state index contributed by atoms with van der Waals surface area (Å²) in [6.45, 7) is 4.00. The molecule has 0 unspecified atom stereocenters. The van der Waals surface area contributed by atoms with Crippen LogP contribution < -0.4 is 5.32 Å². The molecule has 0 aromatic rings. The number of alkyl halides is 1. The van der Waals surface area contributed by atoms with E-state index in [-0.39, 0.29) is 18.4 Å². The Morgan fingerprint density at radius 1 is 1.64 bits per heavy atom. The van der Waals surface area contributed by atoms with E-state index in [2.05, 4.69) is 5.32 Å². The van der Waals surface area contributed by atoms with Crippen molar-refractivity contribution in [2.24, 2.45) is 5.92 Å². The van der Waals surface area contributed by atoms with E-state index in [4.69, 9.17) is 16.3 Å². The highest BCUT2D eigenvalue weighted by atomic mass is 35.5. The number of nitrogens with one attached hydrogen (secondary N) is 1. The van der Waals surface area contributed by atoms with Gasteiger partial charge in [-0.2, -0.15) is 0 Å². The molecular formula is C9H16ClNO3. The number of amides is 1. The van der Waals surface area contributed by atoms with Crippen LogP contribution in [0.4, 0.5) is 0 Å². The van der Waals surface area contributed by atoms with Crippen LogP contribution >= 0.6 is 11.6 Å². The van der Waals surface area contributed by atoms with Crippen molar-refractivity contribution in [3.05, 3.63) is 0 Å². The highest BCUT2D eigenvalue weighted by Crippen LogP contribution is 2.08. The molecule has 0 aliphatic rings. The number of carbonyl (C=O) groups is 2. The van der Waals surface area contributed by atoms with Gasteiger partial charge in [-0.3, -0.25) is 4.79 Å². The zero-order valence-corrected chi connectivity index (χ0v) is 9.21. The molecule has 5 heteroatoms. The van der Waals surface area contributed by atoms with Crippen molar-refractivity contribution in [1.82, 2.24) is 5.32 Å². The van der Waals surface area contributed by atoms with Gasteiger partial charge < -0.3 is 10.1 Å². The minimum absolute atomic E-state index is 0.0584. The molecule has 1 amide bonds. The third kappa shape index (κ3) is 4.46. The van der Waals surface area contributed by atoms with Crippen LogP contribution in [0.2, 0.25) is 0 Å². The highest BCUT2D eigenvalue weighted by Gasteiger charge is 2.24. The van der Waals surface area contributed by atoms with E-state index in [0.717, 1.165) is 6.42 Å². The number of esters is 1. The first kappa shape index (κ1) is 13.2. The minimum atomic E-state index is -0.569. The molecule has 0 fully saturated rings. The van der Waals surface area contributed by atoms with Gasteiger partial charge in [0.1, 0.15) is 12.6 Å². The van der Waals surface area contributed by atoms with Crippen LogP contribution in [0, 0.1) is 5.92 Å². The summed E-state index contributed by atoms with van der Waals surface area (Å²) >= 11 is 5.37. The lowest BCUT2D eigenvalue weighted by molar-refractivity contribution is -0.147. The molecule has 0 bridgehead atoms. The first-order valence-corrected chi connectivity index (χ1v) is 5.13. The van der Waals surface area contributed by atoms with Crippen LogP contribution in [0.1, 0.15) is 20.3 Å². The van der Waals surface area contributed by atoms with Crippen molar-refractivity contribution < 1.29 is 14.3 Å². The monoisotopic (exact) mass is 221 g/mol. The third-order valence-electron chi connectivity index (χ3n) is 2.04. The Morgan fingerprint density at radius 3 is 2.71 bits per heavy atom. The molecule has 2 atom stereocenters. The summed E-state index contributed by atoms with van der Waals surface area (Å²) < 4.78 is 4.84. The second-order valence-corrected chi connectivity index (χ2v) is 3.38. The molecule has 1 N–H and O–H groups in total. The molecule has 0 aromatic carbocycles. The standard InChI is InChI=1S/C9H16ClNO3/c1-3-7(2)8(11-6-12)9(13)14-5-4-10/h6-8H,3-5H2,1-2H3,(H,11,12)/t7-,8+/m0/s1. The maximum Gasteiger partial charge on any atom is 0.328 e. The van der Waals surface area contributed by atoms with Gasteiger partial charge in [0, 0.05) is 0 Å². The molecule has 0 saturated carbocycles. The average molecular weight is 222 g/mol. The fraction of sp³-hybridized carbons (Fsp3) is 0.778. The molecular weight excluding hydrogens is 206 g/mol. The molecule has 0 radical (unpaired) electrons. The van der Waals surface area contributed by atoms with Crippen LogP contribution in [0.3, 0.4) is 0 Å². The van der Waals surface area contributed by atoms with E-state index >= 15 is 0 Å². The number of rotatable bonds is 7. The van der Waals surface area contributed by atoms with Crippen molar-refractivity contribution in [2.45, 2.75) is 26.3 Å². The summed E-state index contributed by atoms with van der Waals surface area (Å²) in [5, 5.41) is 2.44. The zero-order chi connectivity index (χ0) is 11.0. The molecule has 0 aliphatic carbocycles. The quantitative estimate of drug-likeness (QED) is 0.395. The lowest BCUT2D eigenvalue weighted by atomic mass is 10.00. The average Bonchev–Trinajstić information content (AvgIpc) is 2.21. The first-order valence-electron chi connectivity index (χ1n) is 4.59. The van der Waals surface area contributed by atoms with E-state index in [1.807, 2.05) is 13.8 Å². The second-order valence-electron chi connectivity index (χ2n) is 3.00. The van der Waals surface area contributed by atoms with Crippen LogP contribution in [0.15, 0.2) is 0 Å². The topological polar surface area (TPSA) is 55.4 Å². The number of hydrogen-bond donors (Lipinski definition) is 1. The van der Waals surface area contributed by atoms with Gasteiger partial charge in [0.25, 0.3) is 0 Å². The maximum absolute atomic E-state index is 11.4. The van der Waals surface area contributed by atoms with E-state index in [0.29, 0.717) is 6.41 Å². The smallest absolute Gasteiger partial charge is 0.328 e. The van der Waals surface area contributed by atoms with E-state index in [9.17, 15) is 9.59 Å². The zero-order valence-electron chi connectivity index (χ0n) is 8.46. The van der Waals surface area contributed by atoms with Gasteiger partial charge in [-0.05, 0) is 5.92 Å². The molecule has 0 saturated heterocycles. The van der Waals surface area contributed by atoms with Gasteiger partial charge in [0.05, 0.1) is 5.88 Å². The molecule has 0 heterocycles. The van der Waals surface area contributed by atoms with Crippen molar-refractivity contribution in [3.8, 4) is 0 Å². The summed E-state index contributed by atoms with van der Waals surface area (Å²) in [6, 6.07) is -0.569. The van der Waals surface area contributed by atoms with Gasteiger partial charge in [0.15, 0.2) is 0 Å². The maximum atomic E-state index is 11.4. The third-order valence-corrected chi connectivity index (χ3v) is 2.19. The molecule has 0 aliphatic heterocycles. The van der Waals surface area contributed by atoms with Crippen molar-refractivity contribution in [2.75, 3.05) is 12.5 Å². The summed E-state index contributed by atoms with van der Waals surface area (Å²) in [6.07, 6.45) is 1.31. The molecule has 14 heavy (non-hydrogen) atoms. The number of halogens is 1. The molecule has 82 valence electrons. The first-order chi connectivity index (χ1) is 6.67. The predicted molar refractivity (Wildman–Crippen MR) is 54.1 cm³/mol. The predicted octanol–water partition coefficient (Wildman–Crippen LogP) is 0.929. The van der Waals surface area contributed by atoms with Crippen LogP contribution in [0.5, 0.6) is 0 Å². The fourth-order valence-electron chi connectivity index (χ4n) is 1.00. The van der Waals surface area contributed by atoms with Gasteiger partial charge in [-0.15, -0.1) is 11.6 Å². The summed E-state index contributed by atoms with van der Waals surface area (Å²) in [5.74, 6) is -0.102. The Kier molecular flexibility index (Phi) is 7.20. The second kappa shape index (κ2) is 7.62. The SMILES string of the molecule is CC[C@H](C)[C@@H](NC=O)C(=O)OCCCl. The molecule has 0 aromatic heterocycles. The van der Waals surface area contributed by atoms with E-state index in [1.54, 1.807) is 0 Å². The highest BCUT2D eigenvalue weighted by molar-refractivity contribution is 6.18. The Balaban J connectivity index is 4.17. The largest absolute Gasteiger partial charge is 0.463 e. The number of carbonyl (C=O) groups excluding carboxylic acids is 2. The lowest BCUT2D eigenvalue weighted by Gasteiger charge is -2.20. The molecule has 0 rings (SSSR count). The van der Waals surface area contributed by atoms with Gasteiger partial charge in [-0.25, -0.2) is 4.79 Å². The Bertz CT molecular complexity index is 187. The number of ether oxygens (including phenoxy) is 1. The van der Waals surface area contributed by atoms with E-state index in [1.165, 1.54) is 0 Å². The fourth-order valence-corrected chi connectivity index (χ4v) is 1.08. The van der Waals surface area contributed by atoms with Crippen molar-refractivity contribution in [3.63, 3.8) is 0 Å². The minimum Gasteiger partial charge on any atom is -0.463 e. The van der Waals surface area contributed by atoms with Crippen LogP contribution in [-0.4, -0.2) is 30.9 Å². The van der Waals surface area contributed by atoms with E-state index < -0.39 is 12.0 Å². The lowest BCUT2D eigenvalue weighted by Crippen LogP contribution is -2.42. The van der Waals surface area contributed by atoms with Crippen LogP contribution in [-0.2, 0) is 14.3 Å². The Labute approximate surface area is 88.9 Å². The van der Waals surface area contributed by atoms with Gasteiger partial charge in [0.2, 0.25) is 6.41 Å². The summed E-state index contributed by atoms with van der Waals surface area (Å²) in [7, 11) is 0. The Hall–Kier alpha value is -0.770. The summed E-state index contributed by atoms with van der Waals surface area (Å²) in [5.41, 5.74) is 0. The van der Waals surface area contributed by atoms with Crippen molar-refractivity contribution in [1.29, 1.82) is 0 Å². The van der Waals surface area contributed by atoms with Gasteiger partial charge >= 0.3 is 5.97 Å². The summed E-state index contributed by atoms with van der Waals surface area (Å²) in [4.78, 5) is 21.7. The normalized spacial score (nSPS) is 14.2. The van der Waals surface area contributed by atoms with Crippen molar-refractivity contribution >= 4 is 24.0 Å². The molecule has 0 spiro atoms.